The SMILES string of the molecule is Cl.Cn1cc([C@H]2CNC[C@@H]2C(=O)NCCOCC2CC2)cn1. The maximum absolute atomic E-state index is 12.3. The Morgan fingerprint density at radius 1 is 1.50 bits per heavy atom. The first-order valence-corrected chi connectivity index (χ1v) is 7.79. The second kappa shape index (κ2) is 7.94. The first-order valence-electron chi connectivity index (χ1n) is 7.79. The summed E-state index contributed by atoms with van der Waals surface area (Å²) in [5.74, 6) is 1.09. The third-order valence-electron chi connectivity index (χ3n) is 4.30. The van der Waals surface area contributed by atoms with Crippen LogP contribution in [0.1, 0.15) is 24.3 Å². The minimum absolute atomic E-state index is 0. The number of aryl methyl sites for hydroxylation is 1. The molecule has 124 valence electrons. The Balaban J connectivity index is 0.00000176. The first-order chi connectivity index (χ1) is 10.2. The van der Waals surface area contributed by atoms with Crippen LogP contribution < -0.4 is 10.6 Å². The minimum atomic E-state index is -0.0161. The van der Waals surface area contributed by atoms with E-state index < -0.39 is 0 Å². The molecule has 3 rings (SSSR count). The number of aromatic nitrogens is 2. The quantitative estimate of drug-likeness (QED) is 0.723. The van der Waals surface area contributed by atoms with Crippen LogP contribution in [0.3, 0.4) is 0 Å². The number of halogens is 1. The van der Waals surface area contributed by atoms with Gasteiger partial charge in [0.05, 0.1) is 18.7 Å². The molecule has 6 nitrogen and oxygen atoms in total. The molecule has 0 unspecified atom stereocenters. The van der Waals surface area contributed by atoms with Crippen LogP contribution in [-0.2, 0) is 16.6 Å². The maximum Gasteiger partial charge on any atom is 0.225 e. The third kappa shape index (κ3) is 4.44. The molecule has 2 aliphatic rings. The van der Waals surface area contributed by atoms with Crippen molar-refractivity contribution < 1.29 is 9.53 Å². The van der Waals surface area contributed by atoms with Crippen molar-refractivity contribution in [2.24, 2.45) is 18.9 Å². The molecule has 1 saturated heterocycles. The summed E-state index contributed by atoms with van der Waals surface area (Å²) in [6.07, 6.45) is 6.45. The molecule has 0 spiro atoms. The van der Waals surface area contributed by atoms with Crippen molar-refractivity contribution in [1.82, 2.24) is 20.4 Å². The van der Waals surface area contributed by atoms with Crippen molar-refractivity contribution in [2.45, 2.75) is 18.8 Å². The molecule has 22 heavy (non-hydrogen) atoms. The number of hydrogen-bond acceptors (Lipinski definition) is 4. The summed E-state index contributed by atoms with van der Waals surface area (Å²) in [7, 11) is 1.90. The van der Waals surface area contributed by atoms with Crippen LogP contribution in [0.5, 0.6) is 0 Å². The first kappa shape index (κ1) is 17.2. The van der Waals surface area contributed by atoms with E-state index in [1.54, 1.807) is 4.68 Å². The molecule has 2 N–H and O–H groups in total. The van der Waals surface area contributed by atoms with E-state index in [4.69, 9.17) is 4.74 Å². The van der Waals surface area contributed by atoms with Crippen LogP contribution in [0.15, 0.2) is 12.4 Å². The van der Waals surface area contributed by atoms with Gasteiger partial charge in [-0.25, -0.2) is 0 Å². The van der Waals surface area contributed by atoms with Crippen LogP contribution >= 0.6 is 12.4 Å². The van der Waals surface area contributed by atoms with Gasteiger partial charge in [-0.3, -0.25) is 9.48 Å². The molecule has 2 heterocycles. The lowest BCUT2D eigenvalue weighted by atomic mass is 9.90. The summed E-state index contributed by atoms with van der Waals surface area (Å²) in [6, 6.07) is 0. The summed E-state index contributed by atoms with van der Waals surface area (Å²) in [4.78, 5) is 12.3. The molecular formula is C15H25ClN4O2. The summed E-state index contributed by atoms with van der Waals surface area (Å²) in [6.45, 7) is 3.62. The Hall–Kier alpha value is -1.11. The van der Waals surface area contributed by atoms with Crippen LogP contribution in [0.4, 0.5) is 0 Å². The maximum atomic E-state index is 12.3. The Kier molecular flexibility index (Phi) is 6.23. The van der Waals surface area contributed by atoms with Crippen molar-refractivity contribution >= 4 is 18.3 Å². The Morgan fingerprint density at radius 3 is 3.00 bits per heavy atom. The normalized spacial score (nSPS) is 24.0. The van der Waals surface area contributed by atoms with E-state index in [0.717, 1.165) is 31.2 Å². The van der Waals surface area contributed by atoms with Crippen molar-refractivity contribution in [2.75, 3.05) is 32.8 Å². The second-order valence-electron chi connectivity index (χ2n) is 6.13. The number of hydrogen-bond donors (Lipinski definition) is 2. The predicted molar refractivity (Wildman–Crippen MR) is 86.1 cm³/mol. The van der Waals surface area contributed by atoms with Crippen molar-refractivity contribution in [3.05, 3.63) is 18.0 Å². The van der Waals surface area contributed by atoms with Crippen molar-refractivity contribution in [3.63, 3.8) is 0 Å². The molecule has 7 heteroatoms. The van der Waals surface area contributed by atoms with Gasteiger partial charge in [-0.15, -0.1) is 12.4 Å². The van der Waals surface area contributed by atoms with Gasteiger partial charge in [0.15, 0.2) is 0 Å². The fourth-order valence-electron chi connectivity index (χ4n) is 2.85. The van der Waals surface area contributed by atoms with E-state index in [0.29, 0.717) is 13.2 Å². The van der Waals surface area contributed by atoms with E-state index in [9.17, 15) is 4.79 Å². The average molecular weight is 329 g/mol. The van der Waals surface area contributed by atoms with Crippen LogP contribution in [-0.4, -0.2) is 48.5 Å². The lowest BCUT2D eigenvalue weighted by molar-refractivity contribution is -0.125. The monoisotopic (exact) mass is 328 g/mol. The fourth-order valence-corrected chi connectivity index (χ4v) is 2.85. The molecule has 2 atom stereocenters. The van der Waals surface area contributed by atoms with E-state index in [-0.39, 0.29) is 30.2 Å². The summed E-state index contributed by atoms with van der Waals surface area (Å²) >= 11 is 0. The molecule has 1 amide bonds. The molecule has 1 aliphatic carbocycles. The third-order valence-corrected chi connectivity index (χ3v) is 4.30. The van der Waals surface area contributed by atoms with Gasteiger partial charge < -0.3 is 15.4 Å². The standard InChI is InChI=1S/C15H24N4O2.ClH/c1-19-9-12(6-18-19)13-7-16-8-14(13)15(20)17-4-5-21-10-11-2-3-11;/h6,9,11,13-14,16H,2-5,7-8,10H2,1H3,(H,17,20);1H/t13-,14+;/m1./s1. The van der Waals surface area contributed by atoms with E-state index in [2.05, 4.69) is 15.7 Å². The van der Waals surface area contributed by atoms with Crippen LogP contribution in [0.25, 0.3) is 0 Å². The van der Waals surface area contributed by atoms with Gasteiger partial charge in [0, 0.05) is 45.4 Å². The highest BCUT2D eigenvalue weighted by Crippen LogP contribution is 2.29. The van der Waals surface area contributed by atoms with E-state index in [1.807, 2.05) is 19.4 Å². The minimum Gasteiger partial charge on any atom is -0.379 e. The average Bonchev–Trinajstić information content (AvgIpc) is 2.99. The van der Waals surface area contributed by atoms with Gasteiger partial charge >= 0.3 is 0 Å². The number of nitrogens with zero attached hydrogens (tertiary/aromatic N) is 2. The zero-order chi connectivity index (χ0) is 14.7. The molecule has 0 aromatic carbocycles. The number of carbonyl (C=O) groups is 1. The molecular weight excluding hydrogens is 304 g/mol. The molecule has 2 fully saturated rings. The number of amides is 1. The van der Waals surface area contributed by atoms with Crippen LogP contribution in [0.2, 0.25) is 0 Å². The number of ether oxygens (including phenoxy) is 1. The smallest absolute Gasteiger partial charge is 0.225 e. The second-order valence-corrected chi connectivity index (χ2v) is 6.13. The van der Waals surface area contributed by atoms with E-state index >= 15 is 0 Å². The molecule has 1 saturated carbocycles. The number of rotatable bonds is 7. The van der Waals surface area contributed by atoms with Crippen molar-refractivity contribution in [3.8, 4) is 0 Å². The van der Waals surface area contributed by atoms with Crippen LogP contribution in [0, 0.1) is 11.8 Å². The predicted octanol–water partition coefficient (Wildman–Crippen LogP) is 0.688. The molecule has 0 bridgehead atoms. The highest BCUT2D eigenvalue weighted by atomic mass is 35.5. The number of nitrogens with one attached hydrogen (secondary N) is 2. The Morgan fingerprint density at radius 2 is 2.32 bits per heavy atom. The highest BCUT2D eigenvalue weighted by Gasteiger charge is 2.34. The van der Waals surface area contributed by atoms with Gasteiger partial charge in [0.1, 0.15) is 0 Å². The fraction of sp³-hybridized carbons (Fsp3) is 0.733. The largest absolute Gasteiger partial charge is 0.379 e. The van der Waals surface area contributed by atoms with Gasteiger partial charge in [0.25, 0.3) is 0 Å². The van der Waals surface area contributed by atoms with Gasteiger partial charge in [-0.1, -0.05) is 0 Å². The topological polar surface area (TPSA) is 68.2 Å². The summed E-state index contributed by atoms with van der Waals surface area (Å²) in [5, 5.41) is 10.5. The van der Waals surface area contributed by atoms with Crippen molar-refractivity contribution in [1.29, 1.82) is 0 Å². The number of carbonyl (C=O) groups excluding carboxylic acids is 1. The zero-order valence-corrected chi connectivity index (χ0v) is 13.8. The molecule has 0 radical (unpaired) electrons. The summed E-state index contributed by atoms with van der Waals surface area (Å²) < 4.78 is 7.33. The van der Waals surface area contributed by atoms with Gasteiger partial charge in [-0.05, 0) is 24.3 Å². The van der Waals surface area contributed by atoms with E-state index in [1.165, 1.54) is 12.8 Å². The summed E-state index contributed by atoms with van der Waals surface area (Å²) in [5.41, 5.74) is 1.13. The lowest BCUT2D eigenvalue weighted by Crippen LogP contribution is -2.36. The molecule has 1 aromatic heterocycles. The molecule has 1 aliphatic heterocycles. The van der Waals surface area contributed by atoms with Gasteiger partial charge in [0.2, 0.25) is 5.91 Å². The Bertz CT molecular complexity index is 490. The lowest BCUT2D eigenvalue weighted by Gasteiger charge is -2.17. The Labute approximate surface area is 137 Å². The van der Waals surface area contributed by atoms with Gasteiger partial charge in [-0.2, -0.15) is 5.10 Å². The zero-order valence-electron chi connectivity index (χ0n) is 13.0. The molecule has 1 aromatic rings. The highest BCUT2D eigenvalue weighted by molar-refractivity contribution is 5.85.